The Bertz CT molecular complexity index is 1070. The number of hydrogen-bond donors (Lipinski definition) is 0. The molecule has 4 aromatic carbocycles. The molecular weight excluding hydrogens is 380 g/mol. The standard InChI is InChI=1S/C26H22N4.CH4/c1-19-3-5-21(6-4-19)28-23-11-13-25(14-12-23)30-26-17-15-24(16-18-26)29-22-9-7-20(27-2)8-10-22;/h3-18H,1-2H3;1H4/q-4;. The Morgan fingerprint density at radius 3 is 0.871 bits per heavy atom. The maximum absolute atomic E-state index is 4.68. The van der Waals surface area contributed by atoms with Gasteiger partial charge in [-0.1, -0.05) is 110 Å². The second kappa shape index (κ2) is 10.2. The van der Waals surface area contributed by atoms with Gasteiger partial charge in [-0.15, -0.1) is 46.9 Å². The lowest BCUT2D eigenvalue weighted by atomic mass is 10.2. The van der Waals surface area contributed by atoms with Crippen LogP contribution in [0.25, 0.3) is 21.3 Å². The van der Waals surface area contributed by atoms with Gasteiger partial charge in [0.15, 0.2) is 0 Å². The third-order valence-electron chi connectivity index (χ3n) is 4.62. The SMILES string of the molecule is C.C[N-]c1ccc([N-]c2ccc([N-]c3ccc([N-]c4ccc(C)cc4)cc3)cc2)cc1. The Morgan fingerprint density at radius 2 is 0.613 bits per heavy atom. The predicted molar refractivity (Wildman–Crippen MR) is 134 cm³/mol. The molecule has 0 saturated carbocycles. The summed E-state index contributed by atoms with van der Waals surface area (Å²) in [5.74, 6) is 0. The molecule has 4 rings (SSSR count). The summed E-state index contributed by atoms with van der Waals surface area (Å²) in [5.41, 5.74) is 7.60. The van der Waals surface area contributed by atoms with E-state index >= 15 is 0 Å². The van der Waals surface area contributed by atoms with Crippen LogP contribution in [0.3, 0.4) is 0 Å². The van der Waals surface area contributed by atoms with E-state index in [1.165, 1.54) is 5.56 Å². The zero-order valence-electron chi connectivity index (χ0n) is 17.0. The molecule has 0 aromatic heterocycles. The Kier molecular flexibility index (Phi) is 7.17. The van der Waals surface area contributed by atoms with Gasteiger partial charge in [0.2, 0.25) is 0 Å². The van der Waals surface area contributed by atoms with E-state index in [1.54, 1.807) is 7.05 Å². The molecule has 4 heteroatoms. The van der Waals surface area contributed by atoms with Crippen molar-refractivity contribution in [3.8, 4) is 0 Å². The molecule has 4 nitrogen and oxygen atoms in total. The van der Waals surface area contributed by atoms with Gasteiger partial charge in [0.05, 0.1) is 0 Å². The molecule has 0 bridgehead atoms. The minimum absolute atomic E-state index is 0. The monoisotopic (exact) mass is 406 g/mol. The molecule has 0 aliphatic rings. The van der Waals surface area contributed by atoms with Gasteiger partial charge < -0.3 is 21.3 Å². The molecule has 0 radical (unpaired) electrons. The van der Waals surface area contributed by atoms with Crippen LogP contribution in [0.5, 0.6) is 0 Å². The summed E-state index contributed by atoms with van der Waals surface area (Å²) in [4.78, 5) is 0. The van der Waals surface area contributed by atoms with Gasteiger partial charge in [0.1, 0.15) is 0 Å². The topological polar surface area (TPSA) is 56.4 Å². The molecule has 4 aromatic rings. The van der Waals surface area contributed by atoms with E-state index in [9.17, 15) is 0 Å². The Balaban J connectivity index is 0.00000272. The minimum atomic E-state index is 0. The fourth-order valence-corrected chi connectivity index (χ4v) is 2.95. The predicted octanol–water partition coefficient (Wildman–Crippen LogP) is 10.3. The average molecular weight is 407 g/mol. The van der Waals surface area contributed by atoms with E-state index in [1.807, 2.05) is 84.9 Å². The third-order valence-corrected chi connectivity index (χ3v) is 4.62. The van der Waals surface area contributed by atoms with Crippen molar-refractivity contribution < 1.29 is 0 Å². The lowest BCUT2D eigenvalue weighted by molar-refractivity contribution is 1.47. The summed E-state index contributed by atoms with van der Waals surface area (Å²) in [7, 11) is 1.78. The van der Waals surface area contributed by atoms with E-state index < -0.39 is 0 Å². The van der Waals surface area contributed by atoms with Crippen molar-refractivity contribution in [3.05, 3.63) is 124 Å². The Morgan fingerprint density at radius 1 is 0.387 bits per heavy atom. The van der Waals surface area contributed by atoms with Gasteiger partial charge in [-0.3, -0.25) is 0 Å². The summed E-state index contributed by atoms with van der Waals surface area (Å²) in [6, 6.07) is 31.8. The number of hydrogen-bond acceptors (Lipinski definition) is 0. The molecule has 158 valence electrons. The summed E-state index contributed by atoms with van der Waals surface area (Å²) >= 11 is 0. The van der Waals surface area contributed by atoms with Crippen molar-refractivity contribution in [1.82, 2.24) is 0 Å². The first-order valence-electron chi connectivity index (χ1n) is 9.80. The number of rotatable bonds is 7. The van der Waals surface area contributed by atoms with Crippen LogP contribution in [0.2, 0.25) is 0 Å². The molecule has 0 fully saturated rings. The first-order valence-corrected chi connectivity index (χ1v) is 9.80. The second-order valence-corrected chi connectivity index (χ2v) is 6.94. The van der Waals surface area contributed by atoms with Crippen molar-refractivity contribution >= 4 is 39.8 Å². The average Bonchev–Trinajstić information content (AvgIpc) is 2.78. The molecule has 0 heterocycles. The smallest absolute Gasteiger partial charge is 0.0398 e. The summed E-state index contributed by atoms with van der Waals surface area (Å²) in [6.07, 6.45) is 0. The fraction of sp³-hybridized carbons (Fsp3) is 0.111. The lowest BCUT2D eigenvalue weighted by Crippen LogP contribution is -1.73. The highest BCUT2D eigenvalue weighted by Crippen LogP contribution is 2.37. The summed E-state index contributed by atoms with van der Waals surface area (Å²) in [5, 5.41) is 18.1. The second-order valence-electron chi connectivity index (χ2n) is 6.94. The van der Waals surface area contributed by atoms with Crippen LogP contribution in [0.15, 0.2) is 97.1 Å². The molecular formula is C27H26N4-4. The van der Waals surface area contributed by atoms with Crippen LogP contribution in [-0.4, -0.2) is 7.05 Å². The van der Waals surface area contributed by atoms with Crippen molar-refractivity contribution in [2.75, 3.05) is 7.05 Å². The number of benzene rings is 4. The zero-order valence-corrected chi connectivity index (χ0v) is 17.0. The molecule has 0 atom stereocenters. The maximum atomic E-state index is 4.68. The van der Waals surface area contributed by atoms with Gasteiger partial charge >= 0.3 is 0 Å². The number of nitrogens with zero attached hydrogens (tertiary/aromatic N) is 4. The van der Waals surface area contributed by atoms with Crippen molar-refractivity contribution in [3.63, 3.8) is 0 Å². The molecule has 0 aliphatic heterocycles. The van der Waals surface area contributed by atoms with E-state index in [0.29, 0.717) is 0 Å². The third kappa shape index (κ3) is 6.03. The van der Waals surface area contributed by atoms with Crippen LogP contribution in [0.4, 0.5) is 39.8 Å². The van der Waals surface area contributed by atoms with E-state index in [-0.39, 0.29) is 7.43 Å². The summed E-state index contributed by atoms with van der Waals surface area (Å²) in [6.45, 7) is 2.07. The van der Waals surface area contributed by atoms with Gasteiger partial charge in [-0.05, 0) is 6.92 Å². The highest BCUT2D eigenvalue weighted by Gasteiger charge is 1.86. The van der Waals surface area contributed by atoms with Gasteiger partial charge in [0.25, 0.3) is 0 Å². The highest BCUT2D eigenvalue weighted by molar-refractivity contribution is 5.75. The van der Waals surface area contributed by atoms with Crippen molar-refractivity contribution in [2.24, 2.45) is 0 Å². The van der Waals surface area contributed by atoms with Gasteiger partial charge in [0, 0.05) is 0 Å². The van der Waals surface area contributed by atoms with E-state index in [0.717, 1.165) is 39.8 Å². The van der Waals surface area contributed by atoms with E-state index in [2.05, 4.69) is 40.3 Å². The van der Waals surface area contributed by atoms with Crippen LogP contribution in [0.1, 0.15) is 13.0 Å². The summed E-state index contributed by atoms with van der Waals surface area (Å²) < 4.78 is 0. The largest absolute Gasteiger partial charge is 0.687 e. The first kappa shape index (κ1) is 21.8. The Labute approximate surface area is 185 Å². The van der Waals surface area contributed by atoms with Crippen LogP contribution in [-0.2, 0) is 0 Å². The molecule has 0 aliphatic carbocycles. The number of aryl methyl sites for hydroxylation is 1. The Hall–Kier alpha value is -3.92. The molecule has 0 amide bonds. The minimum Gasteiger partial charge on any atom is -0.687 e. The van der Waals surface area contributed by atoms with Crippen LogP contribution in [0, 0.1) is 6.92 Å². The molecule has 0 unspecified atom stereocenters. The molecule has 0 N–H and O–H groups in total. The van der Waals surface area contributed by atoms with Gasteiger partial charge in [-0.25, -0.2) is 0 Å². The first-order chi connectivity index (χ1) is 14.7. The van der Waals surface area contributed by atoms with Crippen molar-refractivity contribution in [2.45, 2.75) is 14.4 Å². The quantitative estimate of drug-likeness (QED) is 0.293. The van der Waals surface area contributed by atoms with Gasteiger partial charge in [-0.2, -0.15) is 0 Å². The normalized spacial score (nSPS) is 10.0. The van der Waals surface area contributed by atoms with Crippen LogP contribution < -0.4 is 0 Å². The van der Waals surface area contributed by atoms with E-state index in [4.69, 9.17) is 0 Å². The molecule has 31 heavy (non-hydrogen) atoms. The molecule has 0 spiro atoms. The maximum Gasteiger partial charge on any atom is -0.0398 e. The highest BCUT2D eigenvalue weighted by atomic mass is 14.9. The fourth-order valence-electron chi connectivity index (χ4n) is 2.95. The van der Waals surface area contributed by atoms with Crippen LogP contribution >= 0.6 is 0 Å². The van der Waals surface area contributed by atoms with Crippen molar-refractivity contribution in [1.29, 1.82) is 0 Å². The lowest BCUT2D eigenvalue weighted by Gasteiger charge is -2.28. The molecule has 0 saturated heterocycles. The zero-order chi connectivity index (χ0) is 20.8.